The van der Waals surface area contributed by atoms with Crippen molar-refractivity contribution < 1.29 is 23.0 Å². The predicted octanol–water partition coefficient (Wildman–Crippen LogP) is 3.60. The van der Waals surface area contributed by atoms with Gasteiger partial charge in [0.2, 0.25) is 0 Å². The Morgan fingerprint density at radius 1 is 1.19 bits per heavy atom. The topological polar surface area (TPSA) is 108 Å². The third kappa shape index (κ3) is 3.92. The summed E-state index contributed by atoms with van der Waals surface area (Å²) in [6.45, 7) is 2.10. The standard InChI is InChI=1S/C22H19F2N5O3/c1-12-17-7-18(27-10-19(17)29-28-12)14-6-16(9-26-8-14)30-11-15(25)5-13-3-2-4-20-21(13)32-22(23,24)31-20/h2-4,6-10,15H,5,11,25H2,1H3,(H,28,29)/t15-/m0/s1. The van der Waals surface area contributed by atoms with E-state index < -0.39 is 12.3 Å². The lowest BCUT2D eigenvalue weighted by molar-refractivity contribution is -0.286. The molecule has 1 aliphatic heterocycles. The quantitative estimate of drug-likeness (QED) is 0.473. The zero-order chi connectivity index (χ0) is 22.3. The second-order valence-electron chi connectivity index (χ2n) is 7.53. The number of para-hydroxylation sites is 1. The fraction of sp³-hybridized carbons (Fsp3) is 0.227. The van der Waals surface area contributed by atoms with Crippen molar-refractivity contribution in [1.29, 1.82) is 0 Å². The maximum absolute atomic E-state index is 13.4. The van der Waals surface area contributed by atoms with Crippen molar-refractivity contribution in [3.63, 3.8) is 0 Å². The number of aromatic amines is 1. The minimum absolute atomic E-state index is 0.00477. The molecule has 1 aliphatic rings. The number of nitrogens with one attached hydrogen (secondary N) is 1. The summed E-state index contributed by atoms with van der Waals surface area (Å²) >= 11 is 0. The maximum atomic E-state index is 13.4. The average Bonchev–Trinajstić information content (AvgIpc) is 3.31. The molecule has 0 aliphatic carbocycles. The summed E-state index contributed by atoms with van der Waals surface area (Å²) in [4.78, 5) is 8.67. The lowest BCUT2D eigenvalue weighted by atomic mass is 10.1. The molecule has 0 unspecified atom stereocenters. The van der Waals surface area contributed by atoms with Gasteiger partial charge in [0.15, 0.2) is 11.5 Å². The predicted molar refractivity (Wildman–Crippen MR) is 112 cm³/mol. The van der Waals surface area contributed by atoms with Gasteiger partial charge in [-0.1, -0.05) is 12.1 Å². The van der Waals surface area contributed by atoms with Crippen molar-refractivity contribution in [3.8, 4) is 28.5 Å². The summed E-state index contributed by atoms with van der Waals surface area (Å²) in [5, 5.41) is 8.10. The number of hydrogen-bond donors (Lipinski definition) is 2. The summed E-state index contributed by atoms with van der Waals surface area (Å²) < 4.78 is 41.6. The van der Waals surface area contributed by atoms with Gasteiger partial charge in [-0.3, -0.25) is 15.1 Å². The second kappa shape index (κ2) is 7.72. The number of ether oxygens (including phenoxy) is 3. The number of halogens is 2. The minimum Gasteiger partial charge on any atom is -0.490 e. The van der Waals surface area contributed by atoms with E-state index in [1.165, 1.54) is 6.07 Å². The van der Waals surface area contributed by atoms with Crippen LogP contribution in [0.1, 0.15) is 11.3 Å². The van der Waals surface area contributed by atoms with Crippen LogP contribution in [0, 0.1) is 6.92 Å². The molecule has 3 aromatic heterocycles. The number of rotatable bonds is 6. The Balaban J connectivity index is 1.27. The van der Waals surface area contributed by atoms with Crippen LogP contribution in [0.15, 0.2) is 48.9 Å². The fourth-order valence-corrected chi connectivity index (χ4v) is 3.57. The van der Waals surface area contributed by atoms with E-state index >= 15 is 0 Å². The van der Waals surface area contributed by atoms with E-state index in [9.17, 15) is 8.78 Å². The van der Waals surface area contributed by atoms with Crippen LogP contribution >= 0.6 is 0 Å². The van der Waals surface area contributed by atoms with E-state index in [0.29, 0.717) is 11.3 Å². The molecule has 0 radical (unpaired) electrons. The smallest absolute Gasteiger partial charge is 0.490 e. The number of alkyl halides is 2. The SMILES string of the molecule is Cc1[nH]nc2cnc(-c3cncc(OC[C@@H](N)Cc4cccc5c4OC(F)(F)O5)c3)cc12. The van der Waals surface area contributed by atoms with Crippen molar-refractivity contribution in [3.05, 3.63) is 60.2 Å². The second-order valence-corrected chi connectivity index (χ2v) is 7.53. The summed E-state index contributed by atoms with van der Waals surface area (Å²) in [7, 11) is 0. The molecule has 10 heteroatoms. The molecule has 5 rings (SSSR count). The van der Waals surface area contributed by atoms with Crippen molar-refractivity contribution in [2.45, 2.75) is 25.7 Å². The Hall–Kier alpha value is -3.79. The van der Waals surface area contributed by atoms with Crippen molar-refractivity contribution in [2.24, 2.45) is 5.73 Å². The number of aryl methyl sites for hydroxylation is 1. The molecule has 1 atom stereocenters. The zero-order valence-corrected chi connectivity index (χ0v) is 17.0. The van der Waals surface area contributed by atoms with E-state index in [4.69, 9.17) is 10.5 Å². The van der Waals surface area contributed by atoms with Gasteiger partial charge in [0.25, 0.3) is 0 Å². The Morgan fingerprint density at radius 2 is 2.06 bits per heavy atom. The molecule has 1 aromatic carbocycles. The first-order valence-corrected chi connectivity index (χ1v) is 9.90. The van der Waals surface area contributed by atoms with Crippen molar-refractivity contribution in [2.75, 3.05) is 6.61 Å². The van der Waals surface area contributed by atoms with Crippen LogP contribution in [-0.4, -0.2) is 39.1 Å². The highest BCUT2D eigenvalue weighted by Gasteiger charge is 2.44. The van der Waals surface area contributed by atoms with Gasteiger partial charge < -0.3 is 19.9 Å². The summed E-state index contributed by atoms with van der Waals surface area (Å²) in [5.74, 6) is 0.524. The average molecular weight is 439 g/mol. The molecule has 164 valence electrons. The van der Waals surface area contributed by atoms with Gasteiger partial charge in [0, 0.05) is 34.4 Å². The molecule has 0 spiro atoms. The van der Waals surface area contributed by atoms with Gasteiger partial charge in [-0.15, -0.1) is 8.78 Å². The van der Waals surface area contributed by atoms with Crippen LogP contribution in [-0.2, 0) is 6.42 Å². The number of hydrogen-bond acceptors (Lipinski definition) is 7. The molecule has 0 bridgehead atoms. The summed E-state index contributed by atoms with van der Waals surface area (Å²) in [5.41, 5.74) is 9.97. The van der Waals surface area contributed by atoms with E-state index in [0.717, 1.165) is 27.9 Å². The molecule has 0 saturated heterocycles. The van der Waals surface area contributed by atoms with Crippen LogP contribution in [0.25, 0.3) is 22.2 Å². The molecule has 32 heavy (non-hydrogen) atoms. The molecule has 4 aromatic rings. The third-order valence-electron chi connectivity index (χ3n) is 5.10. The monoisotopic (exact) mass is 439 g/mol. The Morgan fingerprint density at radius 3 is 2.94 bits per heavy atom. The molecular formula is C22H19F2N5O3. The third-order valence-corrected chi connectivity index (χ3v) is 5.10. The van der Waals surface area contributed by atoms with Gasteiger partial charge in [-0.05, 0) is 31.5 Å². The van der Waals surface area contributed by atoms with Gasteiger partial charge in [-0.25, -0.2) is 0 Å². The largest absolute Gasteiger partial charge is 0.586 e. The van der Waals surface area contributed by atoms with Crippen molar-refractivity contribution >= 4 is 10.9 Å². The lowest BCUT2D eigenvalue weighted by Gasteiger charge is -2.15. The van der Waals surface area contributed by atoms with Crippen LogP contribution < -0.4 is 19.9 Å². The van der Waals surface area contributed by atoms with Gasteiger partial charge in [0.05, 0.1) is 18.1 Å². The molecule has 8 nitrogen and oxygen atoms in total. The number of H-pyrrole nitrogens is 1. The van der Waals surface area contributed by atoms with Crippen molar-refractivity contribution in [1.82, 2.24) is 20.2 Å². The Bertz CT molecular complexity index is 1290. The number of pyridine rings is 2. The maximum Gasteiger partial charge on any atom is 0.586 e. The molecule has 0 saturated carbocycles. The van der Waals surface area contributed by atoms with Crippen LogP contribution in [0.3, 0.4) is 0 Å². The minimum atomic E-state index is -3.67. The summed E-state index contributed by atoms with van der Waals surface area (Å²) in [6.07, 6.45) is 1.58. The van der Waals surface area contributed by atoms with Gasteiger partial charge >= 0.3 is 6.29 Å². The highest BCUT2D eigenvalue weighted by Crippen LogP contribution is 2.43. The van der Waals surface area contributed by atoms with Crippen LogP contribution in [0.4, 0.5) is 8.78 Å². The molecule has 0 fully saturated rings. The number of nitrogens with two attached hydrogens (primary N) is 1. The first kappa shape index (κ1) is 20.1. The Kier molecular flexibility index (Phi) is 4.86. The number of benzene rings is 1. The fourth-order valence-electron chi connectivity index (χ4n) is 3.57. The van der Waals surface area contributed by atoms with Crippen LogP contribution in [0.5, 0.6) is 17.2 Å². The van der Waals surface area contributed by atoms with Gasteiger partial charge in [0.1, 0.15) is 17.9 Å². The van der Waals surface area contributed by atoms with E-state index in [2.05, 4.69) is 29.6 Å². The highest BCUT2D eigenvalue weighted by molar-refractivity contribution is 5.84. The number of nitrogens with zero attached hydrogens (tertiary/aromatic N) is 3. The molecule has 0 amide bonds. The molecule has 4 heterocycles. The normalized spacial score (nSPS) is 15.1. The van der Waals surface area contributed by atoms with E-state index in [-0.39, 0.29) is 24.5 Å². The molecular weight excluding hydrogens is 420 g/mol. The molecule has 3 N–H and O–H groups in total. The number of fused-ring (bicyclic) bond motifs is 2. The summed E-state index contributed by atoms with van der Waals surface area (Å²) in [6, 6.07) is 8.01. The first-order chi connectivity index (χ1) is 15.4. The zero-order valence-electron chi connectivity index (χ0n) is 17.0. The Labute approximate surface area is 181 Å². The highest BCUT2D eigenvalue weighted by atomic mass is 19.3. The number of aromatic nitrogens is 4. The van der Waals surface area contributed by atoms with Gasteiger partial charge in [-0.2, -0.15) is 5.10 Å². The van der Waals surface area contributed by atoms with E-state index in [1.54, 1.807) is 30.7 Å². The van der Waals surface area contributed by atoms with E-state index in [1.807, 2.05) is 19.1 Å². The first-order valence-electron chi connectivity index (χ1n) is 9.90. The lowest BCUT2D eigenvalue weighted by Crippen LogP contribution is -2.30. The van der Waals surface area contributed by atoms with Crippen LogP contribution in [0.2, 0.25) is 0 Å².